The van der Waals surface area contributed by atoms with Crippen LogP contribution in [0.3, 0.4) is 0 Å². The van der Waals surface area contributed by atoms with Gasteiger partial charge in [-0.05, 0) is 54.7 Å². The third-order valence-corrected chi connectivity index (χ3v) is 7.20. The van der Waals surface area contributed by atoms with Crippen molar-refractivity contribution in [1.29, 1.82) is 0 Å². The molecule has 0 unspecified atom stereocenters. The van der Waals surface area contributed by atoms with Gasteiger partial charge in [0.05, 0.1) is 17.0 Å². The first-order valence-electron chi connectivity index (χ1n) is 12.8. The molecule has 1 atom stereocenters. The molecule has 0 aliphatic carbocycles. The number of nitrogens with zero attached hydrogens (tertiary/aromatic N) is 3. The highest BCUT2D eigenvalue weighted by Crippen LogP contribution is 2.35. The third kappa shape index (κ3) is 6.88. The molecule has 0 spiro atoms. The molecule has 1 saturated heterocycles. The Hall–Kier alpha value is -3.62. The molecule has 1 heterocycles. The van der Waals surface area contributed by atoms with E-state index in [9.17, 15) is 27.2 Å². The van der Waals surface area contributed by atoms with Crippen molar-refractivity contribution in [1.82, 2.24) is 14.7 Å². The summed E-state index contributed by atoms with van der Waals surface area (Å²) in [5, 5.41) is 0. The van der Waals surface area contributed by atoms with Crippen LogP contribution in [0, 0.1) is 18.2 Å². The minimum atomic E-state index is -4.70. The highest BCUT2D eigenvalue weighted by atomic mass is 19.4. The maximum atomic E-state index is 14.0. The van der Waals surface area contributed by atoms with Crippen molar-refractivity contribution in [3.63, 3.8) is 0 Å². The Bertz CT molecular complexity index is 1220. The Morgan fingerprint density at radius 3 is 2.31 bits per heavy atom. The maximum Gasteiger partial charge on any atom is 0.416 e. The SMILES string of the molecule is C=CCC(C)(CC=C)C(=O)N1CCN(C(=O)N(C)Cc2cc(F)cc(C(F)(F)F)c2)[C@@H](c2ccccc2C)C1. The second-order valence-electron chi connectivity index (χ2n) is 10.3. The van der Waals surface area contributed by atoms with E-state index in [1.54, 1.807) is 22.0 Å². The lowest BCUT2D eigenvalue weighted by molar-refractivity contribution is -0.143. The number of hydrogen-bond acceptors (Lipinski definition) is 2. The Morgan fingerprint density at radius 2 is 1.72 bits per heavy atom. The average Bonchev–Trinajstić information content (AvgIpc) is 2.87. The summed E-state index contributed by atoms with van der Waals surface area (Å²) in [7, 11) is 1.47. The fourth-order valence-electron chi connectivity index (χ4n) is 5.17. The van der Waals surface area contributed by atoms with E-state index < -0.39 is 35.0 Å². The highest BCUT2D eigenvalue weighted by molar-refractivity contribution is 5.83. The Morgan fingerprint density at radius 1 is 1.08 bits per heavy atom. The van der Waals surface area contributed by atoms with Gasteiger partial charge in [-0.1, -0.05) is 43.3 Å². The summed E-state index contributed by atoms with van der Waals surface area (Å²) < 4.78 is 53.5. The van der Waals surface area contributed by atoms with E-state index in [-0.39, 0.29) is 31.1 Å². The summed E-state index contributed by atoms with van der Waals surface area (Å²) in [5.41, 5.74) is 0.0265. The monoisotopic (exact) mass is 545 g/mol. The van der Waals surface area contributed by atoms with E-state index in [1.165, 1.54) is 11.9 Å². The number of urea groups is 1. The molecule has 0 radical (unpaired) electrons. The maximum absolute atomic E-state index is 14.0. The highest BCUT2D eigenvalue weighted by Gasteiger charge is 2.41. The molecule has 0 aromatic heterocycles. The molecule has 1 aliphatic rings. The summed E-state index contributed by atoms with van der Waals surface area (Å²) in [4.78, 5) is 32.0. The third-order valence-electron chi connectivity index (χ3n) is 7.20. The molecule has 2 aromatic carbocycles. The summed E-state index contributed by atoms with van der Waals surface area (Å²) in [6.45, 7) is 11.9. The summed E-state index contributed by atoms with van der Waals surface area (Å²) in [5.74, 6) is -1.08. The van der Waals surface area contributed by atoms with Crippen molar-refractivity contribution in [3.8, 4) is 0 Å². The van der Waals surface area contributed by atoms with Crippen molar-refractivity contribution >= 4 is 11.9 Å². The first-order valence-corrected chi connectivity index (χ1v) is 12.8. The smallest absolute Gasteiger partial charge is 0.338 e. The number of benzene rings is 2. The van der Waals surface area contributed by atoms with E-state index in [0.29, 0.717) is 25.5 Å². The first kappa shape index (κ1) is 29.9. The van der Waals surface area contributed by atoms with Gasteiger partial charge in [-0.25, -0.2) is 9.18 Å². The van der Waals surface area contributed by atoms with E-state index in [2.05, 4.69) is 13.2 Å². The molecule has 1 fully saturated rings. The summed E-state index contributed by atoms with van der Waals surface area (Å²) >= 11 is 0. The van der Waals surface area contributed by atoms with E-state index in [1.807, 2.05) is 38.1 Å². The second-order valence-corrected chi connectivity index (χ2v) is 10.3. The van der Waals surface area contributed by atoms with Crippen molar-refractivity contribution in [2.24, 2.45) is 5.41 Å². The largest absolute Gasteiger partial charge is 0.416 e. The van der Waals surface area contributed by atoms with Crippen LogP contribution in [0.5, 0.6) is 0 Å². The van der Waals surface area contributed by atoms with Gasteiger partial charge in [0.2, 0.25) is 5.91 Å². The number of rotatable bonds is 8. The molecule has 39 heavy (non-hydrogen) atoms. The number of allylic oxidation sites excluding steroid dienone is 2. The molecule has 1 aliphatic heterocycles. The number of aryl methyl sites for hydroxylation is 1. The van der Waals surface area contributed by atoms with Crippen LogP contribution in [0.4, 0.5) is 22.4 Å². The quantitative estimate of drug-likeness (QED) is 0.272. The van der Waals surface area contributed by atoms with Gasteiger partial charge in [-0.3, -0.25) is 4.79 Å². The lowest BCUT2D eigenvalue weighted by atomic mass is 9.81. The van der Waals surface area contributed by atoms with Crippen molar-refractivity contribution in [2.45, 2.75) is 45.5 Å². The fraction of sp³-hybridized carbons (Fsp3) is 0.400. The molecule has 3 rings (SSSR count). The van der Waals surface area contributed by atoms with Gasteiger partial charge < -0.3 is 14.7 Å². The molecule has 210 valence electrons. The van der Waals surface area contributed by atoms with Gasteiger partial charge in [0.1, 0.15) is 5.82 Å². The Labute approximate surface area is 227 Å². The number of carbonyl (C=O) groups is 2. The van der Waals surface area contributed by atoms with Gasteiger partial charge in [0, 0.05) is 33.2 Å². The van der Waals surface area contributed by atoms with Crippen LogP contribution in [0.1, 0.15) is 48.1 Å². The van der Waals surface area contributed by atoms with Crippen LogP contribution in [-0.2, 0) is 17.5 Å². The number of halogens is 4. The minimum absolute atomic E-state index is 0.0315. The molecular formula is C30H35F4N3O2. The zero-order chi connectivity index (χ0) is 29.0. The number of alkyl halides is 3. The standard InChI is InChI=1S/C30H35F4N3O2/c1-6-12-29(4,13-7-2)27(38)36-14-15-37(26(20-36)25-11-9-8-10-21(25)3)28(39)35(5)19-22-16-23(30(32,33)34)18-24(31)17-22/h6-11,16-18,26H,1-2,12-15,19-20H2,3-5H3/t26-/m1/s1. The van der Waals surface area contributed by atoms with Crippen molar-refractivity contribution < 1.29 is 27.2 Å². The second kappa shape index (κ2) is 12.1. The van der Waals surface area contributed by atoms with Gasteiger partial charge in [-0.2, -0.15) is 13.2 Å². The molecule has 0 saturated carbocycles. The number of carbonyl (C=O) groups excluding carboxylic acids is 2. The van der Waals surface area contributed by atoms with Gasteiger partial charge in [-0.15, -0.1) is 13.2 Å². The predicted molar refractivity (Wildman–Crippen MR) is 143 cm³/mol. The molecule has 9 heteroatoms. The first-order chi connectivity index (χ1) is 18.3. The lowest BCUT2D eigenvalue weighted by Gasteiger charge is -2.45. The summed E-state index contributed by atoms with van der Waals surface area (Å²) in [6, 6.07) is 8.95. The molecule has 0 N–H and O–H groups in total. The van der Waals surface area contributed by atoms with Crippen LogP contribution < -0.4 is 0 Å². The van der Waals surface area contributed by atoms with E-state index in [4.69, 9.17) is 0 Å². The van der Waals surface area contributed by atoms with Gasteiger partial charge in [0.15, 0.2) is 0 Å². The Kier molecular flexibility index (Phi) is 9.25. The number of amides is 3. The van der Waals surface area contributed by atoms with Gasteiger partial charge in [0.25, 0.3) is 0 Å². The van der Waals surface area contributed by atoms with Crippen LogP contribution in [-0.4, -0.2) is 53.3 Å². The van der Waals surface area contributed by atoms with E-state index >= 15 is 0 Å². The molecule has 2 aromatic rings. The summed E-state index contributed by atoms with van der Waals surface area (Å²) in [6.07, 6.45) is -0.328. The molecule has 3 amide bonds. The van der Waals surface area contributed by atoms with Crippen LogP contribution >= 0.6 is 0 Å². The van der Waals surface area contributed by atoms with Crippen molar-refractivity contribution in [2.75, 3.05) is 26.7 Å². The van der Waals surface area contributed by atoms with Crippen LogP contribution in [0.2, 0.25) is 0 Å². The molecule has 0 bridgehead atoms. The fourth-order valence-corrected chi connectivity index (χ4v) is 5.17. The average molecular weight is 546 g/mol. The normalized spacial score (nSPS) is 16.1. The van der Waals surface area contributed by atoms with Gasteiger partial charge >= 0.3 is 12.2 Å². The van der Waals surface area contributed by atoms with Crippen molar-refractivity contribution in [3.05, 3.63) is 95.8 Å². The van der Waals surface area contributed by atoms with Crippen LogP contribution in [0.25, 0.3) is 0 Å². The number of hydrogen-bond donors (Lipinski definition) is 0. The molecule has 5 nitrogen and oxygen atoms in total. The number of piperazine rings is 1. The zero-order valence-electron chi connectivity index (χ0n) is 22.6. The topological polar surface area (TPSA) is 43.9 Å². The van der Waals surface area contributed by atoms with E-state index in [0.717, 1.165) is 23.3 Å². The minimum Gasteiger partial charge on any atom is -0.338 e. The predicted octanol–water partition coefficient (Wildman–Crippen LogP) is 6.75. The van der Waals surface area contributed by atoms with Crippen LogP contribution in [0.15, 0.2) is 67.8 Å². The lowest BCUT2D eigenvalue weighted by Crippen LogP contribution is -2.57. The zero-order valence-corrected chi connectivity index (χ0v) is 22.6. The Balaban J connectivity index is 1.89. The molecular weight excluding hydrogens is 510 g/mol.